The van der Waals surface area contributed by atoms with Crippen LogP contribution in [0.1, 0.15) is 106 Å². The third-order valence-electron chi connectivity index (χ3n) is 8.49. The first kappa shape index (κ1) is 43.8. The minimum Gasteiger partial charge on any atom is -0.433 e. The van der Waals surface area contributed by atoms with Gasteiger partial charge in [-0.05, 0) is 40.7 Å². The maximum atomic E-state index is 12.8. The molecule has 0 radical (unpaired) electrons. The number of rotatable bonds is 27. The summed E-state index contributed by atoms with van der Waals surface area (Å²) in [4.78, 5) is 24.9. The van der Waals surface area contributed by atoms with Crippen molar-refractivity contribution in [2.75, 3.05) is 66.1 Å². The highest BCUT2D eigenvalue weighted by Crippen LogP contribution is 2.40. The molecule has 0 fully saturated rings. The van der Waals surface area contributed by atoms with Gasteiger partial charge < -0.3 is 33.2 Å². The maximum Gasteiger partial charge on any atom is 0.516 e. The summed E-state index contributed by atoms with van der Waals surface area (Å²) < 4.78 is 39.7. The van der Waals surface area contributed by atoms with Crippen LogP contribution in [0.4, 0.5) is 4.79 Å². The molecule has 3 aromatic carbocycles. The summed E-state index contributed by atoms with van der Waals surface area (Å²) in [6, 6.07) is 26.7. The van der Waals surface area contributed by atoms with Gasteiger partial charge in [-0.15, -0.1) is 0 Å². The number of ether oxygens (including phenoxy) is 7. The fourth-order valence-electron chi connectivity index (χ4n) is 5.73. The summed E-state index contributed by atoms with van der Waals surface area (Å²) in [5, 5.41) is 0. The summed E-state index contributed by atoms with van der Waals surface area (Å²) in [5.74, 6) is -0.790. The topological polar surface area (TPSA) is 98.8 Å². The van der Waals surface area contributed by atoms with E-state index < -0.39 is 17.7 Å². The smallest absolute Gasteiger partial charge is 0.433 e. The molecule has 0 N–H and O–H groups in total. The van der Waals surface area contributed by atoms with Gasteiger partial charge in [0.2, 0.25) is 0 Å². The van der Waals surface area contributed by atoms with Crippen LogP contribution in [0.2, 0.25) is 0 Å². The number of unbranched alkanes of at least 4 members (excludes halogenated alkanes) is 7. The standard InChI is InChI=1S/C44H62O9/c1-5-6-7-8-9-10-11-18-27-47-28-29-48-30-31-49-32-33-50-34-35-52-44(38-19-14-12-15-20-38,39-21-16-13-17-22-39)40-25-23-37(24-26-40)41(45)53-42(46)51-36-43(2,3)4/h12-17,19-26H,5-11,18,27-36H2,1-4H3. The summed E-state index contributed by atoms with van der Waals surface area (Å²) in [7, 11) is 0. The Bertz CT molecular complexity index is 1350. The molecule has 0 saturated carbocycles. The van der Waals surface area contributed by atoms with Crippen molar-refractivity contribution in [1.82, 2.24) is 0 Å². The second kappa shape index (κ2) is 25.4. The monoisotopic (exact) mass is 734 g/mol. The van der Waals surface area contributed by atoms with E-state index in [1.807, 2.05) is 93.6 Å². The maximum absolute atomic E-state index is 12.8. The molecule has 3 aromatic rings. The molecule has 53 heavy (non-hydrogen) atoms. The van der Waals surface area contributed by atoms with E-state index in [9.17, 15) is 9.59 Å². The molecule has 9 heteroatoms. The molecule has 0 unspecified atom stereocenters. The molecular weight excluding hydrogens is 672 g/mol. The zero-order chi connectivity index (χ0) is 38.0. The zero-order valence-electron chi connectivity index (χ0n) is 32.5. The van der Waals surface area contributed by atoms with Crippen molar-refractivity contribution in [3.8, 4) is 0 Å². The first-order valence-corrected chi connectivity index (χ1v) is 19.3. The zero-order valence-corrected chi connectivity index (χ0v) is 32.5. The van der Waals surface area contributed by atoms with Gasteiger partial charge in [-0.2, -0.15) is 0 Å². The van der Waals surface area contributed by atoms with Crippen molar-refractivity contribution < 1.29 is 42.7 Å². The fraction of sp³-hybridized carbons (Fsp3) is 0.545. The van der Waals surface area contributed by atoms with Crippen LogP contribution in [-0.2, 0) is 38.8 Å². The molecule has 0 aliphatic carbocycles. The Kier molecular flexibility index (Phi) is 21.0. The lowest BCUT2D eigenvalue weighted by molar-refractivity contribution is -0.0384. The van der Waals surface area contributed by atoms with E-state index in [0.717, 1.165) is 29.7 Å². The Morgan fingerprint density at radius 2 is 0.943 bits per heavy atom. The van der Waals surface area contributed by atoms with Gasteiger partial charge in [0, 0.05) is 6.61 Å². The molecular formula is C44H62O9. The summed E-state index contributed by atoms with van der Waals surface area (Å²) >= 11 is 0. The molecule has 0 amide bonds. The van der Waals surface area contributed by atoms with Gasteiger partial charge in [-0.1, -0.05) is 145 Å². The van der Waals surface area contributed by atoms with Gasteiger partial charge >= 0.3 is 12.1 Å². The fourth-order valence-corrected chi connectivity index (χ4v) is 5.73. The molecule has 9 nitrogen and oxygen atoms in total. The van der Waals surface area contributed by atoms with Gasteiger partial charge in [0.25, 0.3) is 0 Å². The Labute approximate surface area is 317 Å². The average Bonchev–Trinajstić information content (AvgIpc) is 3.17. The average molecular weight is 735 g/mol. The van der Waals surface area contributed by atoms with Crippen LogP contribution in [0, 0.1) is 5.41 Å². The molecule has 0 aromatic heterocycles. The SMILES string of the molecule is CCCCCCCCCCOCCOCCOCCOCCOC(c1ccccc1)(c1ccccc1)c1ccc(C(=O)OC(=O)OCC(C)(C)C)cc1. The molecule has 0 bridgehead atoms. The number of carbonyl (C=O) groups is 2. The lowest BCUT2D eigenvalue weighted by atomic mass is 9.80. The highest BCUT2D eigenvalue weighted by molar-refractivity contribution is 5.95. The van der Waals surface area contributed by atoms with Gasteiger partial charge in [-0.25, -0.2) is 9.59 Å². The predicted molar refractivity (Wildman–Crippen MR) is 207 cm³/mol. The van der Waals surface area contributed by atoms with Crippen molar-refractivity contribution in [2.24, 2.45) is 5.41 Å². The number of benzene rings is 3. The largest absolute Gasteiger partial charge is 0.516 e. The molecule has 0 saturated heterocycles. The molecule has 3 rings (SSSR count). The molecule has 0 aliphatic rings. The highest BCUT2D eigenvalue weighted by atomic mass is 16.7. The van der Waals surface area contributed by atoms with E-state index in [-0.39, 0.29) is 24.2 Å². The Hall–Kier alpha value is -3.60. The molecule has 0 aliphatic heterocycles. The normalized spacial score (nSPS) is 11.8. The minimum atomic E-state index is -1.02. The van der Waals surface area contributed by atoms with E-state index in [4.69, 9.17) is 33.2 Å². The lowest BCUT2D eigenvalue weighted by Gasteiger charge is -2.36. The lowest BCUT2D eigenvalue weighted by Crippen LogP contribution is -2.34. The predicted octanol–water partition coefficient (Wildman–Crippen LogP) is 9.54. The highest BCUT2D eigenvalue weighted by Gasteiger charge is 2.37. The van der Waals surface area contributed by atoms with Crippen LogP contribution in [0.25, 0.3) is 0 Å². The number of esters is 1. The van der Waals surface area contributed by atoms with E-state index in [1.165, 1.54) is 44.9 Å². The number of hydrogen-bond acceptors (Lipinski definition) is 9. The Balaban J connectivity index is 1.43. The minimum absolute atomic E-state index is 0.132. The van der Waals surface area contributed by atoms with Crippen molar-refractivity contribution in [3.05, 3.63) is 107 Å². The van der Waals surface area contributed by atoms with Crippen molar-refractivity contribution >= 4 is 12.1 Å². The van der Waals surface area contributed by atoms with Gasteiger partial charge in [0.1, 0.15) is 5.60 Å². The molecule has 0 spiro atoms. The van der Waals surface area contributed by atoms with E-state index in [0.29, 0.717) is 46.2 Å². The van der Waals surface area contributed by atoms with Gasteiger partial charge in [-0.3, -0.25) is 0 Å². The Morgan fingerprint density at radius 3 is 1.43 bits per heavy atom. The van der Waals surface area contributed by atoms with Crippen LogP contribution in [0.5, 0.6) is 0 Å². The van der Waals surface area contributed by atoms with E-state index in [1.54, 1.807) is 12.1 Å². The van der Waals surface area contributed by atoms with Gasteiger partial charge in [0.15, 0.2) is 0 Å². The second-order valence-corrected chi connectivity index (χ2v) is 14.3. The second-order valence-electron chi connectivity index (χ2n) is 14.3. The number of carbonyl (C=O) groups excluding carboxylic acids is 2. The van der Waals surface area contributed by atoms with Crippen LogP contribution in [-0.4, -0.2) is 78.2 Å². The third kappa shape index (κ3) is 17.0. The summed E-state index contributed by atoms with van der Waals surface area (Å²) in [6.07, 6.45) is 9.34. The van der Waals surface area contributed by atoms with Crippen LogP contribution < -0.4 is 0 Å². The first-order valence-electron chi connectivity index (χ1n) is 19.3. The van der Waals surface area contributed by atoms with Crippen molar-refractivity contribution in [3.63, 3.8) is 0 Å². The molecule has 292 valence electrons. The van der Waals surface area contributed by atoms with E-state index >= 15 is 0 Å². The van der Waals surface area contributed by atoms with Gasteiger partial charge in [0.05, 0.1) is 65.0 Å². The van der Waals surface area contributed by atoms with E-state index in [2.05, 4.69) is 6.92 Å². The number of hydrogen-bond donors (Lipinski definition) is 0. The van der Waals surface area contributed by atoms with Crippen LogP contribution in [0.15, 0.2) is 84.9 Å². The van der Waals surface area contributed by atoms with Crippen LogP contribution >= 0.6 is 0 Å². The first-order chi connectivity index (χ1) is 25.8. The molecule has 0 atom stereocenters. The summed E-state index contributed by atoms with van der Waals surface area (Å²) in [6.45, 7) is 12.6. The molecule has 0 heterocycles. The Morgan fingerprint density at radius 1 is 0.509 bits per heavy atom. The van der Waals surface area contributed by atoms with Crippen molar-refractivity contribution in [2.45, 2.75) is 84.7 Å². The quantitative estimate of drug-likeness (QED) is 0.0328. The van der Waals surface area contributed by atoms with Crippen LogP contribution in [0.3, 0.4) is 0 Å². The van der Waals surface area contributed by atoms with Crippen molar-refractivity contribution in [1.29, 1.82) is 0 Å². The third-order valence-corrected chi connectivity index (χ3v) is 8.49. The summed E-state index contributed by atoms with van der Waals surface area (Å²) in [5.41, 5.74) is 1.57.